The second kappa shape index (κ2) is 3.13. The van der Waals surface area contributed by atoms with Crippen LogP contribution in [0.2, 0.25) is 0 Å². The highest BCUT2D eigenvalue weighted by atomic mass is 14.4. The standard InChI is InChI=1S/C13H15N/c1-13(2)7-10-5-3-4-6-12(10)11(8-13)9-14/h3-6,11H,7-8H2,1-2H3. The molecule has 0 saturated carbocycles. The highest BCUT2D eigenvalue weighted by Crippen LogP contribution is 2.41. The van der Waals surface area contributed by atoms with Crippen molar-refractivity contribution < 1.29 is 0 Å². The van der Waals surface area contributed by atoms with Crippen LogP contribution in [0, 0.1) is 16.7 Å². The molecule has 0 spiro atoms. The largest absolute Gasteiger partial charge is 0.198 e. The number of benzene rings is 1. The van der Waals surface area contributed by atoms with E-state index in [0.717, 1.165) is 12.8 Å². The zero-order valence-electron chi connectivity index (χ0n) is 8.75. The molecule has 1 atom stereocenters. The van der Waals surface area contributed by atoms with Crippen molar-refractivity contribution >= 4 is 0 Å². The Kier molecular flexibility index (Phi) is 2.07. The predicted molar refractivity (Wildman–Crippen MR) is 56.9 cm³/mol. The molecule has 0 aliphatic heterocycles. The van der Waals surface area contributed by atoms with Crippen molar-refractivity contribution in [3.05, 3.63) is 35.4 Å². The monoisotopic (exact) mass is 185 g/mol. The smallest absolute Gasteiger partial charge is 0.0720 e. The summed E-state index contributed by atoms with van der Waals surface area (Å²) in [6.45, 7) is 4.49. The predicted octanol–water partition coefficient (Wildman–Crippen LogP) is 3.27. The highest BCUT2D eigenvalue weighted by molar-refractivity contribution is 5.37. The summed E-state index contributed by atoms with van der Waals surface area (Å²) in [6, 6.07) is 10.8. The maximum atomic E-state index is 9.12. The van der Waals surface area contributed by atoms with Crippen LogP contribution in [0.3, 0.4) is 0 Å². The first-order chi connectivity index (χ1) is 6.62. The third kappa shape index (κ3) is 1.53. The Labute approximate surface area is 85.4 Å². The molecule has 0 fully saturated rings. The van der Waals surface area contributed by atoms with Crippen molar-refractivity contribution in [3.8, 4) is 6.07 Å². The van der Waals surface area contributed by atoms with Crippen molar-refractivity contribution in [2.24, 2.45) is 5.41 Å². The van der Waals surface area contributed by atoms with Gasteiger partial charge in [-0.1, -0.05) is 38.1 Å². The van der Waals surface area contributed by atoms with E-state index in [-0.39, 0.29) is 11.3 Å². The van der Waals surface area contributed by atoms with Crippen LogP contribution in [-0.2, 0) is 6.42 Å². The van der Waals surface area contributed by atoms with Crippen LogP contribution in [0.25, 0.3) is 0 Å². The lowest BCUT2D eigenvalue weighted by Crippen LogP contribution is -2.24. The summed E-state index contributed by atoms with van der Waals surface area (Å²) in [4.78, 5) is 0. The van der Waals surface area contributed by atoms with Gasteiger partial charge in [0.2, 0.25) is 0 Å². The average molecular weight is 185 g/mol. The van der Waals surface area contributed by atoms with Gasteiger partial charge in [-0.3, -0.25) is 0 Å². The van der Waals surface area contributed by atoms with E-state index in [0.29, 0.717) is 0 Å². The molecular weight excluding hydrogens is 170 g/mol. The molecule has 0 N–H and O–H groups in total. The van der Waals surface area contributed by atoms with E-state index >= 15 is 0 Å². The summed E-state index contributed by atoms with van der Waals surface area (Å²) in [5.74, 6) is 0.0925. The summed E-state index contributed by atoms with van der Waals surface area (Å²) in [6.07, 6.45) is 2.09. The number of hydrogen-bond donors (Lipinski definition) is 0. The van der Waals surface area contributed by atoms with Crippen LogP contribution < -0.4 is 0 Å². The van der Waals surface area contributed by atoms with Gasteiger partial charge in [0.1, 0.15) is 0 Å². The van der Waals surface area contributed by atoms with Gasteiger partial charge in [0.15, 0.2) is 0 Å². The van der Waals surface area contributed by atoms with Crippen LogP contribution in [0.4, 0.5) is 0 Å². The molecule has 72 valence electrons. The summed E-state index contributed by atoms with van der Waals surface area (Å²) in [5.41, 5.74) is 2.87. The van der Waals surface area contributed by atoms with E-state index in [9.17, 15) is 0 Å². The van der Waals surface area contributed by atoms with E-state index in [1.165, 1.54) is 11.1 Å². The third-order valence-corrected chi connectivity index (χ3v) is 3.01. The molecule has 1 aromatic rings. The molecule has 1 aromatic carbocycles. The van der Waals surface area contributed by atoms with Gasteiger partial charge in [0.05, 0.1) is 12.0 Å². The minimum atomic E-state index is 0.0925. The number of fused-ring (bicyclic) bond motifs is 1. The zero-order valence-corrected chi connectivity index (χ0v) is 8.75. The van der Waals surface area contributed by atoms with E-state index in [1.54, 1.807) is 0 Å². The number of nitriles is 1. The number of nitrogens with zero attached hydrogens (tertiary/aromatic N) is 1. The molecule has 0 bridgehead atoms. The molecule has 0 heterocycles. The number of hydrogen-bond acceptors (Lipinski definition) is 1. The molecule has 0 amide bonds. The summed E-state index contributed by atoms with van der Waals surface area (Å²) in [5, 5.41) is 9.12. The van der Waals surface area contributed by atoms with Gasteiger partial charge in [-0.15, -0.1) is 0 Å². The lowest BCUT2D eigenvalue weighted by Gasteiger charge is -2.34. The van der Waals surface area contributed by atoms with Gasteiger partial charge in [0.25, 0.3) is 0 Å². The lowest BCUT2D eigenvalue weighted by molar-refractivity contribution is 0.301. The Bertz CT molecular complexity index is 384. The molecule has 1 aliphatic carbocycles. The maximum Gasteiger partial charge on any atom is 0.0720 e. The van der Waals surface area contributed by atoms with Crippen molar-refractivity contribution in [2.75, 3.05) is 0 Å². The topological polar surface area (TPSA) is 23.8 Å². The van der Waals surface area contributed by atoms with Gasteiger partial charge in [0, 0.05) is 0 Å². The molecule has 1 unspecified atom stereocenters. The molecule has 1 nitrogen and oxygen atoms in total. The molecule has 1 heteroatoms. The molecule has 0 saturated heterocycles. The SMILES string of the molecule is CC1(C)Cc2ccccc2C(C#N)C1. The van der Waals surface area contributed by atoms with Crippen LogP contribution >= 0.6 is 0 Å². The average Bonchev–Trinajstić information content (AvgIpc) is 2.15. The Morgan fingerprint density at radius 3 is 2.79 bits per heavy atom. The fraction of sp³-hybridized carbons (Fsp3) is 0.462. The van der Waals surface area contributed by atoms with Gasteiger partial charge in [-0.05, 0) is 29.4 Å². The third-order valence-electron chi connectivity index (χ3n) is 3.01. The molecule has 1 aliphatic rings. The second-order valence-corrected chi connectivity index (χ2v) is 4.93. The van der Waals surface area contributed by atoms with Crippen LogP contribution in [-0.4, -0.2) is 0 Å². The summed E-state index contributed by atoms with van der Waals surface area (Å²) >= 11 is 0. The molecule has 2 rings (SSSR count). The molecule has 0 radical (unpaired) electrons. The molecular formula is C13H15N. The minimum Gasteiger partial charge on any atom is -0.198 e. The lowest BCUT2D eigenvalue weighted by atomic mass is 9.70. The van der Waals surface area contributed by atoms with Gasteiger partial charge in [-0.2, -0.15) is 5.26 Å². The van der Waals surface area contributed by atoms with Crippen LogP contribution in [0.5, 0.6) is 0 Å². The Balaban J connectivity index is 2.47. The van der Waals surface area contributed by atoms with E-state index in [1.807, 2.05) is 6.07 Å². The zero-order chi connectivity index (χ0) is 10.2. The normalized spacial score (nSPS) is 23.6. The Hall–Kier alpha value is -1.29. The fourth-order valence-corrected chi connectivity index (χ4v) is 2.40. The summed E-state index contributed by atoms with van der Waals surface area (Å²) < 4.78 is 0. The highest BCUT2D eigenvalue weighted by Gasteiger charge is 2.31. The Morgan fingerprint density at radius 2 is 2.07 bits per heavy atom. The van der Waals surface area contributed by atoms with Crippen molar-refractivity contribution in [1.82, 2.24) is 0 Å². The first-order valence-electron chi connectivity index (χ1n) is 5.10. The van der Waals surface area contributed by atoms with Gasteiger partial charge >= 0.3 is 0 Å². The second-order valence-electron chi connectivity index (χ2n) is 4.93. The van der Waals surface area contributed by atoms with E-state index in [2.05, 4.69) is 38.1 Å². The first-order valence-corrected chi connectivity index (χ1v) is 5.10. The van der Waals surface area contributed by atoms with Crippen molar-refractivity contribution in [1.29, 1.82) is 5.26 Å². The minimum absolute atomic E-state index is 0.0925. The van der Waals surface area contributed by atoms with E-state index in [4.69, 9.17) is 5.26 Å². The van der Waals surface area contributed by atoms with Gasteiger partial charge in [-0.25, -0.2) is 0 Å². The molecule has 0 aromatic heterocycles. The van der Waals surface area contributed by atoms with E-state index < -0.39 is 0 Å². The summed E-state index contributed by atoms with van der Waals surface area (Å²) in [7, 11) is 0. The van der Waals surface area contributed by atoms with Gasteiger partial charge < -0.3 is 0 Å². The molecule has 14 heavy (non-hydrogen) atoms. The van der Waals surface area contributed by atoms with Crippen LogP contribution in [0.15, 0.2) is 24.3 Å². The maximum absolute atomic E-state index is 9.12. The number of rotatable bonds is 0. The van der Waals surface area contributed by atoms with Crippen LogP contribution in [0.1, 0.15) is 37.3 Å². The fourth-order valence-electron chi connectivity index (χ4n) is 2.40. The van der Waals surface area contributed by atoms with Crippen molar-refractivity contribution in [3.63, 3.8) is 0 Å². The quantitative estimate of drug-likeness (QED) is 0.608. The Morgan fingerprint density at radius 1 is 1.36 bits per heavy atom. The van der Waals surface area contributed by atoms with Crippen molar-refractivity contribution in [2.45, 2.75) is 32.6 Å². The first kappa shape index (κ1) is 9.27.